The van der Waals surface area contributed by atoms with Gasteiger partial charge in [0.15, 0.2) is 0 Å². The molecule has 0 spiro atoms. The molecule has 346 valence electrons. The molecule has 0 bridgehead atoms. The Morgan fingerprint density at radius 1 is 0.803 bits per heavy atom. The number of carbonyl (C=O) groups is 1. The lowest BCUT2D eigenvalue weighted by molar-refractivity contribution is -0.151. The smallest absolute Gasteiger partial charge is 0.306 e. The molecule has 4 aliphatic carbocycles. The molecule has 5 nitrogen and oxygen atoms in total. The number of phenols is 1. The van der Waals surface area contributed by atoms with Crippen LogP contribution in [-0.4, -0.2) is 36.5 Å². The molecule has 0 saturated heterocycles. The van der Waals surface area contributed by atoms with Crippen molar-refractivity contribution in [3.8, 4) is 11.5 Å². The van der Waals surface area contributed by atoms with Crippen LogP contribution < -0.4 is 4.74 Å². The van der Waals surface area contributed by atoms with Crippen LogP contribution in [-0.2, 0) is 9.53 Å². The van der Waals surface area contributed by atoms with Gasteiger partial charge in [0.2, 0.25) is 0 Å². The van der Waals surface area contributed by atoms with Gasteiger partial charge in [0.05, 0.1) is 6.61 Å². The highest BCUT2D eigenvalue weighted by Gasteiger charge is 2.59. The Morgan fingerprint density at radius 3 is 2.18 bits per heavy atom. The average molecular weight is 844 g/mol. The maximum absolute atomic E-state index is 13.0. The number of aliphatic imine (C=N–C) groups is 1. The first-order valence-electron chi connectivity index (χ1n) is 26.4. The van der Waals surface area contributed by atoms with Crippen LogP contribution in [0.1, 0.15) is 233 Å². The highest BCUT2D eigenvalue weighted by Crippen LogP contribution is 2.67. The lowest BCUT2D eigenvalue weighted by Crippen LogP contribution is -2.51. The molecule has 0 radical (unpaired) electrons. The number of phenolic OH excluding ortho intramolecular Hbond substituents is 1. The first-order chi connectivity index (χ1) is 29.5. The fraction of sp³-hybridized carbons (Fsp3) is 0.821. The van der Waals surface area contributed by atoms with Crippen LogP contribution in [0, 0.1) is 46.3 Å². The van der Waals surface area contributed by atoms with Gasteiger partial charge < -0.3 is 14.6 Å². The van der Waals surface area contributed by atoms with Crippen LogP contribution in [0.2, 0.25) is 0 Å². The molecule has 3 fully saturated rings. The molecule has 3 saturated carbocycles. The first kappa shape index (κ1) is 49.7. The third-order valence-electron chi connectivity index (χ3n) is 16.7. The van der Waals surface area contributed by atoms with Gasteiger partial charge in [-0.05, 0) is 129 Å². The Labute approximate surface area is 375 Å². The van der Waals surface area contributed by atoms with Crippen molar-refractivity contribution >= 4 is 12.2 Å². The lowest BCUT2D eigenvalue weighted by atomic mass is 9.47. The van der Waals surface area contributed by atoms with E-state index in [0.29, 0.717) is 24.2 Å². The molecule has 5 heteroatoms. The molecule has 0 amide bonds. The number of esters is 1. The molecule has 61 heavy (non-hydrogen) atoms. The van der Waals surface area contributed by atoms with E-state index in [1.54, 1.807) is 17.9 Å². The average Bonchev–Trinajstić information content (AvgIpc) is 3.60. The van der Waals surface area contributed by atoms with Crippen LogP contribution in [0.15, 0.2) is 34.8 Å². The Balaban J connectivity index is 0.902. The van der Waals surface area contributed by atoms with Crippen molar-refractivity contribution in [3.05, 3.63) is 35.4 Å². The van der Waals surface area contributed by atoms with Gasteiger partial charge in [-0.25, -0.2) is 0 Å². The number of allylic oxidation sites excluding steroid dienone is 1. The normalized spacial score (nSPS) is 27.7. The van der Waals surface area contributed by atoms with E-state index in [1.807, 2.05) is 12.1 Å². The molecule has 8 atom stereocenters. The molecule has 0 unspecified atom stereocenters. The van der Waals surface area contributed by atoms with E-state index in [4.69, 9.17) is 9.47 Å². The van der Waals surface area contributed by atoms with E-state index < -0.39 is 0 Å². The second-order valence-electron chi connectivity index (χ2n) is 21.7. The van der Waals surface area contributed by atoms with Gasteiger partial charge in [-0.3, -0.25) is 9.79 Å². The molecular weight excluding hydrogens is 751 g/mol. The zero-order chi connectivity index (χ0) is 43.5. The van der Waals surface area contributed by atoms with E-state index in [0.717, 1.165) is 92.6 Å². The van der Waals surface area contributed by atoms with Crippen LogP contribution in [0.4, 0.5) is 0 Å². The summed E-state index contributed by atoms with van der Waals surface area (Å²) in [7, 11) is 0. The zero-order valence-electron chi connectivity index (χ0n) is 40.5. The van der Waals surface area contributed by atoms with Crippen molar-refractivity contribution < 1.29 is 19.4 Å². The highest BCUT2D eigenvalue weighted by atomic mass is 16.5. The second kappa shape index (κ2) is 25.9. The van der Waals surface area contributed by atoms with Gasteiger partial charge in [0, 0.05) is 37.2 Å². The van der Waals surface area contributed by atoms with Gasteiger partial charge in [-0.2, -0.15) is 0 Å². The Hall–Kier alpha value is -2.30. The largest absolute Gasteiger partial charge is 0.507 e. The summed E-state index contributed by atoms with van der Waals surface area (Å²) in [6, 6.07) is 5.49. The van der Waals surface area contributed by atoms with Gasteiger partial charge >= 0.3 is 5.97 Å². The minimum Gasteiger partial charge on any atom is -0.507 e. The standard InChI is InChI=1S/C56H93NO4/c1-7-8-9-10-11-12-13-14-15-16-17-18-19-22-38-57-42-45-28-30-47(41-53(45)58)60-39-23-20-21-27-54(59)61-48-34-36-55(5)46(40-48)29-31-49-51-33-32-50(44(4)26-24-25-43(2)3)56(51,6)37-35-52(49)55/h28-30,41-44,48-52,58H,7-27,31-40H2,1-6H3/t44-,48+,49+,50-,51+,52+,55+,56-/m1/s1. The van der Waals surface area contributed by atoms with Gasteiger partial charge in [0.1, 0.15) is 17.6 Å². The van der Waals surface area contributed by atoms with Crippen LogP contribution in [0.5, 0.6) is 11.5 Å². The monoisotopic (exact) mass is 844 g/mol. The predicted molar refractivity (Wildman–Crippen MR) is 258 cm³/mol. The van der Waals surface area contributed by atoms with Crippen molar-refractivity contribution in [1.82, 2.24) is 0 Å². The maximum Gasteiger partial charge on any atom is 0.306 e. The summed E-state index contributed by atoms with van der Waals surface area (Å²) in [6.07, 6.45) is 40.7. The number of benzene rings is 1. The fourth-order valence-electron chi connectivity index (χ4n) is 13.0. The molecule has 5 rings (SSSR count). The molecule has 1 aromatic rings. The van der Waals surface area contributed by atoms with Crippen molar-refractivity contribution in [1.29, 1.82) is 0 Å². The van der Waals surface area contributed by atoms with E-state index in [9.17, 15) is 9.90 Å². The number of hydrogen-bond acceptors (Lipinski definition) is 5. The number of hydrogen-bond donors (Lipinski definition) is 1. The van der Waals surface area contributed by atoms with Gasteiger partial charge in [-0.15, -0.1) is 0 Å². The summed E-state index contributed by atoms with van der Waals surface area (Å²) < 4.78 is 12.1. The van der Waals surface area contributed by atoms with Crippen molar-refractivity contribution in [2.24, 2.45) is 51.3 Å². The molecular formula is C56H93NO4. The number of nitrogens with zero attached hydrogens (tertiary/aromatic N) is 1. The summed E-state index contributed by atoms with van der Waals surface area (Å²) in [5, 5.41) is 10.6. The van der Waals surface area contributed by atoms with Crippen LogP contribution in [0.25, 0.3) is 0 Å². The van der Waals surface area contributed by atoms with Gasteiger partial charge in [-0.1, -0.05) is 156 Å². The quantitative estimate of drug-likeness (QED) is 0.0377. The summed E-state index contributed by atoms with van der Waals surface area (Å²) in [4.78, 5) is 17.5. The zero-order valence-corrected chi connectivity index (χ0v) is 40.5. The molecule has 4 aliphatic rings. The summed E-state index contributed by atoms with van der Waals surface area (Å²) in [6.45, 7) is 16.2. The number of rotatable bonds is 29. The van der Waals surface area contributed by atoms with E-state index in [2.05, 4.69) is 52.6 Å². The number of carbonyl (C=O) groups excluding carboxylic acids is 1. The summed E-state index contributed by atoms with van der Waals surface area (Å²) in [5.41, 5.74) is 3.14. The Morgan fingerprint density at radius 2 is 1.49 bits per heavy atom. The van der Waals surface area contributed by atoms with Crippen molar-refractivity contribution in [3.63, 3.8) is 0 Å². The third-order valence-corrected chi connectivity index (χ3v) is 16.7. The molecule has 1 aromatic carbocycles. The molecule has 1 N–H and O–H groups in total. The lowest BCUT2D eigenvalue weighted by Gasteiger charge is -2.58. The Bertz CT molecular complexity index is 1480. The fourth-order valence-corrected chi connectivity index (χ4v) is 13.0. The van der Waals surface area contributed by atoms with Crippen molar-refractivity contribution in [2.75, 3.05) is 13.2 Å². The number of fused-ring (bicyclic) bond motifs is 5. The number of aromatic hydroxyl groups is 1. The topological polar surface area (TPSA) is 68.1 Å². The summed E-state index contributed by atoms with van der Waals surface area (Å²) >= 11 is 0. The number of unbranched alkanes of at least 4 members (excludes halogenated alkanes) is 15. The predicted octanol–water partition coefficient (Wildman–Crippen LogP) is 16.2. The van der Waals surface area contributed by atoms with Gasteiger partial charge in [0.25, 0.3) is 0 Å². The maximum atomic E-state index is 13.0. The minimum atomic E-state index is -0.0386. The number of ether oxygens (including phenoxy) is 2. The highest BCUT2D eigenvalue weighted by molar-refractivity contribution is 5.83. The van der Waals surface area contributed by atoms with E-state index in [-0.39, 0.29) is 23.2 Å². The molecule has 0 aliphatic heterocycles. The minimum absolute atomic E-state index is 0.0351. The van der Waals surface area contributed by atoms with E-state index >= 15 is 0 Å². The van der Waals surface area contributed by atoms with Crippen LogP contribution >= 0.6 is 0 Å². The molecule has 0 aromatic heterocycles. The van der Waals surface area contributed by atoms with E-state index in [1.165, 1.54) is 135 Å². The third kappa shape index (κ3) is 14.9. The second-order valence-corrected chi connectivity index (χ2v) is 21.7. The first-order valence-corrected chi connectivity index (χ1v) is 26.4. The van der Waals surface area contributed by atoms with Crippen molar-refractivity contribution in [2.45, 2.75) is 234 Å². The SMILES string of the molecule is CCCCCCCCCCCCCCCCN=Cc1ccc(OCCCCCC(=O)O[C@H]2CC[C@@]3(C)C(=CC[C@H]4[C@@H]5CC[C@H]([C@H](C)CCCC(C)C)[C@@]5(C)CC[C@@H]43)C2)cc1O. The summed E-state index contributed by atoms with van der Waals surface area (Å²) in [5.74, 6) is 5.92. The molecule has 0 heterocycles. The Kier molecular flexibility index (Phi) is 21.1. The van der Waals surface area contributed by atoms with Crippen LogP contribution in [0.3, 0.4) is 0 Å².